The molecule has 0 saturated carbocycles. The highest BCUT2D eigenvalue weighted by Gasteiger charge is 2.27. The van der Waals surface area contributed by atoms with E-state index in [0.717, 1.165) is 56.0 Å². The molecular weight excluding hydrogens is 376 g/mol. The Kier molecular flexibility index (Phi) is 5.01. The molecule has 1 aliphatic carbocycles. The van der Waals surface area contributed by atoms with Crippen molar-refractivity contribution in [3.05, 3.63) is 70.8 Å². The van der Waals surface area contributed by atoms with Crippen LogP contribution in [0.2, 0.25) is 0 Å². The maximum atomic E-state index is 12.4. The minimum atomic E-state index is -0.0620. The summed E-state index contributed by atoms with van der Waals surface area (Å²) < 4.78 is 5.26. The molecule has 1 atom stereocenters. The predicted molar refractivity (Wildman–Crippen MR) is 120 cm³/mol. The van der Waals surface area contributed by atoms with Gasteiger partial charge in [0.2, 0.25) is 0 Å². The van der Waals surface area contributed by atoms with Crippen molar-refractivity contribution in [1.82, 2.24) is 14.9 Å². The minimum Gasteiger partial charge on any atom is -0.497 e. The van der Waals surface area contributed by atoms with Crippen LogP contribution < -0.4 is 15.2 Å². The number of nitrogens with zero attached hydrogens (tertiary/aromatic N) is 3. The fourth-order valence-electron chi connectivity index (χ4n) is 4.58. The number of hydrogen-bond acceptors (Lipinski definition) is 5. The number of H-pyrrole nitrogens is 1. The average Bonchev–Trinajstić information content (AvgIpc) is 3.30. The van der Waals surface area contributed by atoms with Gasteiger partial charge in [0, 0.05) is 49.8 Å². The van der Waals surface area contributed by atoms with E-state index >= 15 is 0 Å². The fourth-order valence-corrected chi connectivity index (χ4v) is 4.58. The summed E-state index contributed by atoms with van der Waals surface area (Å²) in [6.07, 6.45) is 6.15. The van der Waals surface area contributed by atoms with Crippen LogP contribution in [0.4, 0.5) is 5.69 Å². The highest BCUT2D eigenvalue weighted by Crippen LogP contribution is 2.31. The van der Waals surface area contributed by atoms with Gasteiger partial charge >= 0.3 is 0 Å². The first-order valence-corrected chi connectivity index (χ1v) is 10.5. The number of rotatable bonds is 4. The molecule has 6 nitrogen and oxygen atoms in total. The van der Waals surface area contributed by atoms with Crippen LogP contribution in [-0.2, 0) is 0 Å². The molecule has 0 spiro atoms. The number of aromatic nitrogens is 2. The van der Waals surface area contributed by atoms with E-state index in [1.165, 1.54) is 11.3 Å². The Morgan fingerprint density at radius 2 is 1.90 bits per heavy atom. The first-order chi connectivity index (χ1) is 14.7. The topological polar surface area (TPSA) is 61.5 Å². The molecular formula is C24H26N4O2. The van der Waals surface area contributed by atoms with Gasteiger partial charge in [-0.1, -0.05) is 6.08 Å². The molecule has 1 N–H and O–H groups in total. The summed E-state index contributed by atoms with van der Waals surface area (Å²) in [6.45, 7) is 4.11. The largest absolute Gasteiger partial charge is 0.497 e. The van der Waals surface area contributed by atoms with E-state index in [1.807, 2.05) is 24.3 Å². The second-order valence-electron chi connectivity index (χ2n) is 7.97. The third-order valence-electron chi connectivity index (χ3n) is 6.28. The van der Waals surface area contributed by atoms with Gasteiger partial charge in [-0.3, -0.25) is 14.7 Å². The summed E-state index contributed by atoms with van der Waals surface area (Å²) in [5, 5.41) is 0.644. The number of piperazine rings is 1. The van der Waals surface area contributed by atoms with Gasteiger partial charge in [0.1, 0.15) is 5.75 Å². The van der Waals surface area contributed by atoms with E-state index in [2.05, 4.69) is 38.0 Å². The highest BCUT2D eigenvalue weighted by atomic mass is 16.5. The molecule has 1 saturated heterocycles. The summed E-state index contributed by atoms with van der Waals surface area (Å²) in [7, 11) is 1.70. The number of anilines is 1. The number of aromatic amines is 1. The van der Waals surface area contributed by atoms with Crippen molar-refractivity contribution in [2.24, 2.45) is 0 Å². The first-order valence-electron chi connectivity index (χ1n) is 10.5. The van der Waals surface area contributed by atoms with Gasteiger partial charge < -0.3 is 14.6 Å². The minimum absolute atomic E-state index is 0.0620. The molecule has 6 heteroatoms. The van der Waals surface area contributed by atoms with Crippen LogP contribution in [-0.4, -0.2) is 54.2 Å². The van der Waals surface area contributed by atoms with Gasteiger partial charge in [-0.2, -0.15) is 0 Å². The number of methoxy groups -OCH3 is 1. The lowest BCUT2D eigenvalue weighted by Crippen LogP contribution is -2.49. The Balaban J connectivity index is 1.27. The summed E-state index contributed by atoms with van der Waals surface area (Å²) in [5.74, 6) is 0.892. The average molecular weight is 402 g/mol. The van der Waals surface area contributed by atoms with Crippen molar-refractivity contribution in [1.29, 1.82) is 0 Å². The van der Waals surface area contributed by atoms with E-state index in [9.17, 15) is 4.79 Å². The van der Waals surface area contributed by atoms with E-state index in [-0.39, 0.29) is 5.56 Å². The van der Waals surface area contributed by atoms with Crippen LogP contribution in [0.1, 0.15) is 18.5 Å². The van der Waals surface area contributed by atoms with E-state index in [0.29, 0.717) is 11.4 Å². The van der Waals surface area contributed by atoms with E-state index in [1.54, 1.807) is 19.4 Å². The molecule has 1 aliphatic heterocycles. The molecule has 0 radical (unpaired) electrons. The highest BCUT2D eigenvalue weighted by molar-refractivity contribution is 5.81. The van der Waals surface area contributed by atoms with Crippen molar-refractivity contribution in [3.63, 3.8) is 0 Å². The molecule has 0 amide bonds. The molecule has 154 valence electrons. The number of ether oxygens (including phenoxy) is 1. The lowest BCUT2D eigenvalue weighted by molar-refractivity contribution is 0.214. The lowest BCUT2D eigenvalue weighted by Gasteiger charge is -2.38. The van der Waals surface area contributed by atoms with Gasteiger partial charge in [0.15, 0.2) is 0 Å². The summed E-state index contributed by atoms with van der Waals surface area (Å²) >= 11 is 0. The number of benzene rings is 1. The molecule has 3 aromatic rings. The van der Waals surface area contributed by atoms with Crippen LogP contribution in [0.25, 0.3) is 16.5 Å². The molecule has 0 bridgehead atoms. The smallest absolute Gasteiger partial charge is 0.257 e. The summed E-state index contributed by atoms with van der Waals surface area (Å²) in [6, 6.07) is 14.4. The SMILES string of the molecule is COc1ccc(N2CCN(C3C=C(c4cc5ncccc5c(=O)[nH]4)CC3)CC2)cc1. The first kappa shape index (κ1) is 18.9. The van der Waals surface area contributed by atoms with Gasteiger partial charge in [-0.15, -0.1) is 0 Å². The quantitative estimate of drug-likeness (QED) is 0.726. The third-order valence-corrected chi connectivity index (χ3v) is 6.28. The van der Waals surface area contributed by atoms with Gasteiger partial charge in [0.05, 0.1) is 18.0 Å². The standard InChI is InChI=1S/C24H26N4O2/c1-30-20-8-6-18(7-9-20)27-11-13-28(14-12-27)19-5-4-17(15-19)22-16-23-21(24(29)26-22)3-2-10-25-23/h2-3,6-10,15-16,19H,4-5,11-14H2,1H3,(H,26,29). The van der Waals surface area contributed by atoms with Crippen molar-refractivity contribution in [2.75, 3.05) is 38.2 Å². The van der Waals surface area contributed by atoms with Crippen LogP contribution in [0.3, 0.4) is 0 Å². The van der Waals surface area contributed by atoms with Crippen LogP contribution in [0, 0.1) is 0 Å². The predicted octanol–water partition coefficient (Wildman–Crippen LogP) is 3.30. The second-order valence-corrected chi connectivity index (χ2v) is 7.97. The van der Waals surface area contributed by atoms with Crippen molar-refractivity contribution in [2.45, 2.75) is 18.9 Å². The third kappa shape index (κ3) is 3.59. The number of fused-ring (bicyclic) bond motifs is 1. The van der Waals surface area contributed by atoms with E-state index < -0.39 is 0 Å². The normalized spacial score (nSPS) is 19.8. The van der Waals surface area contributed by atoms with Gasteiger partial charge in [-0.25, -0.2) is 0 Å². The zero-order valence-electron chi connectivity index (χ0n) is 17.2. The van der Waals surface area contributed by atoms with Crippen molar-refractivity contribution < 1.29 is 4.74 Å². The molecule has 3 heterocycles. The number of hydrogen-bond donors (Lipinski definition) is 1. The van der Waals surface area contributed by atoms with Crippen molar-refractivity contribution >= 4 is 22.2 Å². The molecule has 2 aromatic heterocycles. The molecule has 1 unspecified atom stereocenters. The zero-order chi connectivity index (χ0) is 20.5. The van der Waals surface area contributed by atoms with Crippen LogP contribution in [0.5, 0.6) is 5.75 Å². The zero-order valence-corrected chi connectivity index (χ0v) is 17.2. The lowest BCUT2D eigenvalue weighted by atomic mass is 10.1. The summed E-state index contributed by atoms with van der Waals surface area (Å²) in [4.78, 5) is 24.8. The molecule has 5 rings (SSSR count). The fraction of sp³-hybridized carbons (Fsp3) is 0.333. The van der Waals surface area contributed by atoms with Crippen LogP contribution >= 0.6 is 0 Å². The monoisotopic (exact) mass is 402 g/mol. The molecule has 30 heavy (non-hydrogen) atoms. The Labute approximate surface area is 175 Å². The Morgan fingerprint density at radius 1 is 1.10 bits per heavy atom. The van der Waals surface area contributed by atoms with E-state index in [4.69, 9.17) is 4.74 Å². The maximum absolute atomic E-state index is 12.4. The summed E-state index contributed by atoms with van der Waals surface area (Å²) in [5.41, 5.74) is 4.08. The van der Waals surface area contributed by atoms with Crippen molar-refractivity contribution in [3.8, 4) is 5.75 Å². The molecule has 1 fully saturated rings. The van der Waals surface area contributed by atoms with Gasteiger partial charge in [-0.05, 0) is 60.9 Å². The molecule has 1 aromatic carbocycles. The second kappa shape index (κ2) is 7.95. The number of pyridine rings is 2. The maximum Gasteiger partial charge on any atom is 0.257 e. The Hall–Kier alpha value is -3.12. The number of nitrogens with one attached hydrogen (secondary N) is 1. The van der Waals surface area contributed by atoms with Gasteiger partial charge in [0.25, 0.3) is 5.56 Å². The van der Waals surface area contributed by atoms with Crippen LogP contribution in [0.15, 0.2) is 59.5 Å². The molecule has 2 aliphatic rings. The Bertz CT molecular complexity index is 1130. The number of allylic oxidation sites excluding steroid dienone is 1. The Morgan fingerprint density at radius 3 is 2.67 bits per heavy atom.